The monoisotopic (exact) mass is 197 g/mol. The molecular formula is C10H19N3O. The molecule has 1 aromatic heterocycles. The maximum absolute atomic E-state index is 5.47. The Labute approximate surface area is 85.3 Å². The molecule has 14 heavy (non-hydrogen) atoms. The summed E-state index contributed by atoms with van der Waals surface area (Å²) in [6.45, 7) is 8.63. The van der Waals surface area contributed by atoms with Gasteiger partial charge in [-0.3, -0.25) is 0 Å². The fourth-order valence-electron chi connectivity index (χ4n) is 1.40. The number of ether oxygens (including phenoxy) is 1. The Morgan fingerprint density at radius 2 is 2.36 bits per heavy atom. The minimum atomic E-state index is 0.228. The fraction of sp³-hybridized carbons (Fsp3) is 0.700. The van der Waals surface area contributed by atoms with Crippen LogP contribution in [0.2, 0.25) is 0 Å². The zero-order chi connectivity index (χ0) is 10.4. The van der Waals surface area contributed by atoms with Gasteiger partial charge in [-0.1, -0.05) is 0 Å². The minimum Gasteiger partial charge on any atom is -0.377 e. The van der Waals surface area contributed by atoms with Crippen LogP contribution < -0.4 is 5.32 Å². The molecule has 0 saturated heterocycles. The highest BCUT2D eigenvalue weighted by atomic mass is 16.5. The summed E-state index contributed by atoms with van der Waals surface area (Å²) in [6, 6.07) is 0. The van der Waals surface area contributed by atoms with Crippen LogP contribution in [0.5, 0.6) is 0 Å². The van der Waals surface area contributed by atoms with Crippen LogP contribution in [0.4, 0.5) is 5.95 Å². The zero-order valence-electron chi connectivity index (χ0n) is 9.16. The van der Waals surface area contributed by atoms with E-state index in [1.54, 1.807) is 6.20 Å². The fourth-order valence-corrected chi connectivity index (χ4v) is 1.40. The highest BCUT2D eigenvalue weighted by Crippen LogP contribution is 2.06. The molecule has 1 rings (SSSR count). The van der Waals surface area contributed by atoms with Crippen molar-refractivity contribution in [3.8, 4) is 0 Å². The lowest BCUT2D eigenvalue weighted by Gasteiger charge is -2.14. The maximum Gasteiger partial charge on any atom is 0.202 e. The Bertz CT molecular complexity index is 260. The third kappa shape index (κ3) is 3.03. The Morgan fingerprint density at radius 1 is 1.57 bits per heavy atom. The first-order chi connectivity index (χ1) is 6.77. The minimum absolute atomic E-state index is 0.228. The van der Waals surface area contributed by atoms with E-state index in [0.717, 1.165) is 25.6 Å². The van der Waals surface area contributed by atoms with Gasteiger partial charge in [-0.2, -0.15) is 0 Å². The van der Waals surface area contributed by atoms with Crippen LogP contribution in [-0.4, -0.2) is 28.8 Å². The largest absolute Gasteiger partial charge is 0.377 e. The zero-order valence-corrected chi connectivity index (χ0v) is 9.16. The molecule has 1 atom stereocenters. The number of rotatable bonds is 6. The summed E-state index contributed by atoms with van der Waals surface area (Å²) in [5.41, 5.74) is 0. The summed E-state index contributed by atoms with van der Waals surface area (Å²) in [5.74, 6) is 0.916. The third-order valence-electron chi connectivity index (χ3n) is 1.96. The predicted molar refractivity (Wildman–Crippen MR) is 57.5 cm³/mol. The Hall–Kier alpha value is -1.03. The van der Waals surface area contributed by atoms with E-state index in [2.05, 4.69) is 28.7 Å². The van der Waals surface area contributed by atoms with Crippen molar-refractivity contribution in [3.05, 3.63) is 12.4 Å². The molecule has 0 amide bonds. The molecule has 0 spiro atoms. The second-order valence-corrected chi connectivity index (χ2v) is 3.20. The van der Waals surface area contributed by atoms with Crippen molar-refractivity contribution >= 4 is 5.95 Å². The average molecular weight is 197 g/mol. The molecule has 1 unspecified atom stereocenters. The van der Waals surface area contributed by atoms with E-state index in [1.165, 1.54) is 0 Å². The lowest BCUT2D eigenvalue weighted by atomic mass is 10.4. The van der Waals surface area contributed by atoms with Gasteiger partial charge in [0.25, 0.3) is 0 Å². The van der Waals surface area contributed by atoms with Gasteiger partial charge in [-0.25, -0.2) is 4.98 Å². The normalized spacial score (nSPS) is 12.8. The van der Waals surface area contributed by atoms with E-state index < -0.39 is 0 Å². The number of hydrogen-bond acceptors (Lipinski definition) is 3. The molecule has 0 aliphatic heterocycles. The second-order valence-electron chi connectivity index (χ2n) is 3.20. The average Bonchev–Trinajstić information content (AvgIpc) is 2.54. The van der Waals surface area contributed by atoms with E-state index in [1.807, 2.05) is 13.1 Å². The van der Waals surface area contributed by atoms with Crippen LogP contribution in [0.3, 0.4) is 0 Å². The van der Waals surface area contributed by atoms with Crippen LogP contribution in [-0.2, 0) is 11.3 Å². The molecule has 4 heteroatoms. The third-order valence-corrected chi connectivity index (χ3v) is 1.96. The molecule has 4 nitrogen and oxygen atoms in total. The van der Waals surface area contributed by atoms with E-state index in [9.17, 15) is 0 Å². The number of nitrogens with zero attached hydrogens (tertiary/aromatic N) is 2. The molecule has 0 bridgehead atoms. The molecule has 1 N–H and O–H groups in total. The summed E-state index contributed by atoms with van der Waals surface area (Å²) < 4.78 is 7.55. The van der Waals surface area contributed by atoms with E-state index in [4.69, 9.17) is 4.74 Å². The quantitative estimate of drug-likeness (QED) is 0.755. The second kappa shape index (κ2) is 5.65. The van der Waals surface area contributed by atoms with Crippen molar-refractivity contribution in [3.63, 3.8) is 0 Å². The van der Waals surface area contributed by atoms with Crippen molar-refractivity contribution in [1.29, 1.82) is 0 Å². The number of hydrogen-bond donors (Lipinski definition) is 1. The van der Waals surface area contributed by atoms with Gasteiger partial charge in [0.15, 0.2) is 0 Å². The smallest absolute Gasteiger partial charge is 0.202 e. The Morgan fingerprint density at radius 3 is 3.00 bits per heavy atom. The molecule has 1 heterocycles. The topological polar surface area (TPSA) is 39.1 Å². The first kappa shape index (κ1) is 11.0. The van der Waals surface area contributed by atoms with Crippen molar-refractivity contribution in [2.24, 2.45) is 0 Å². The molecule has 0 aliphatic carbocycles. The van der Waals surface area contributed by atoms with Gasteiger partial charge in [0.05, 0.1) is 12.6 Å². The summed E-state index contributed by atoms with van der Waals surface area (Å²) in [5, 5.41) is 3.20. The highest BCUT2D eigenvalue weighted by Gasteiger charge is 2.05. The van der Waals surface area contributed by atoms with Crippen LogP contribution in [0, 0.1) is 0 Å². The summed E-state index contributed by atoms with van der Waals surface area (Å²) in [6.07, 6.45) is 4.00. The molecular weight excluding hydrogens is 178 g/mol. The number of imidazole rings is 1. The van der Waals surface area contributed by atoms with Crippen molar-refractivity contribution in [1.82, 2.24) is 9.55 Å². The number of aromatic nitrogens is 2. The Kier molecular flexibility index (Phi) is 4.46. The Balaban J connectivity index is 2.52. The molecule has 1 aromatic rings. The predicted octanol–water partition coefficient (Wildman–Crippen LogP) is 1.74. The SMILES string of the molecule is CCNc1nccn1CC(C)OCC. The van der Waals surface area contributed by atoms with Gasteiger partial charge in [0.1, 0.15) is 0 Å². The van der Waals surface area contributed by atoms with Crippen molar-refractivity contribution in [2.45, 2.75) is 33.4 Å². The summed E-state index contributed by atoms with van der Waals surface area (Å²) >= 11 is 0. The first-order valence-electron chi connectivity index (χ1n) is 5.14. The van der Waals surface area contributed by atoms with Gasteiger partial charge in [-0.15, -0.1) is 0 Å². The van der Waals surface area contributed by atoms with Crippen LogP contribution in [0.15, 0.2) is 12.4 Å². The lowest BCUT2D eigenvalue weighted by molar-refractivity contribution is 0.0644. The van der Waals surface area contributed by atoms with Gasteiger partial charge < -0.3 is 14.6 Å². The van der Waals surface area contributed by atoms with Gasteiger partial charge in [0.2, 0.25) is 5.95 Å². The molecule has 0 aliphatic rings. The van der Waals surface area contributed by atoms with Crippen molar-refractivity contribution < 1.29 is 4.74 Å². The van der Waals surface area contributed by atoms with E-state index in [-0.39, 0.29) is 6.10 Å². The standard InChI is InChI=1S/C10H19N3O/c1-4-11-10-12-6-7-13(10)8-9(3)14-5-2/h6-7,9H,4-5,8H2,1-3H3,(H,11,12). The molecule has 0 aromatic carbocycles. The van der Waals surface area contributed by atoms with Gasteiger partial charge in [0, 0.05) is 25.5 Å². The summed E-state index contributed by atoms with van der Waals surface area (Å²) in [7, 11) is 0. The van der Waals surface area contributed by atoms with Gasteiger partial charge in [-0.05, 0) is 20.8 Å². The molecule has 80 valence electrons. The van der Waals surface area contributed by atoms with Crippen LogP contribution >= 0.6 is 0 Å². The first-order valence-corrected chi connectivity index (χ1v) is 5.14. The maximum atomic E-state index is 5.47. The van der Waals surface area contributed by atoms with Crippen molar-refractivity contribution in [2.75, 3.05) is 18.5 Å². The van der Waals surface area contributed by atoms with E-state index >= 15 is 0 Å². The summed E-state index contributed by atoms with van der Waals surface area (Å²) in [4.78, 5) is 4.22. The van der Waals surface area contributed by atoms with Gasteiger partial charge >= 0.3 is 0 Å². The van der Waals surface area contributed by atoms with E-state index in [0.29, 0.717) is 0 Å². The number of nitrogens with one attached hydrogen (secondary N) is 1. The van der Waals surface area contributed by atoms with Crippen LogP contribution in [0.25, 0.3) is 0 Å². The molecule has 0 saturated carbocycles. The molecule has 0 radical (unpaired) electrons. The number of anilines is 1. The molecule has 0 fully saturated rings. The van der Waals surface area contributed by atoms with Crippen LogP contribution in [0.1, 0.15) is 20.8 Å². The highest BCUT2D eigenvalue weighted by molar-refractivity contribution is 5.25. The lowest BCUT2D eigenvalue weighted by Crippen LogP contribution is -2.18.